The number of hydrogen-bond donors (Lipinski definition) is 0. The van der Waals surface area contributed by atoms with Crippen LogP contribution in [0.15, 0.2) is 29.4 Å². The van der Waals surface area contributed by atoms with E-state index in [1.54, 1.807) is 24.3 Å². The summed E-state index contributed by atoms with van der Waals surface area (Å²) >= 11 is 5.74. The molecule has 5 nitrogen and oxygen atoms in total. The van der Waals surface area contributed by atoms with Crippen molar-refractivity contribution < 1.29 is 9.53 Å². The van der Waals surface area contributed by atoms with E-state index in [0.717, 1.165) is 5.56 Å². The van der Waals surface area contributed by atoms with Crippen LogP contribution < -0.4 is 0 Å². The highest BCUT2D eigenvalue weighted by atomic mass is 35.5. The highest BCUT2D eigenvalue weighted by molar-refractivity contribution is 6.30. The number of hydrogen-bond acceptors (Lipinski definition) is 3. The van der Waals surface area contributed by atoms with Gasteiger partial charge in [-0.1, -0.05) is 28.8 Å². The number of azide groups is 1. The zero-order chi connectivity index (χ0) is 12.0. The van der Waals surface area contributed by atoms with Crippen LogP contribution in [0.5, 0.6) is 0 Å². The molecule has 0 spiro atoms. The highest BCUT2D eigenvalue weighted by Gasteiger charge is 2.13. The number of esters is 1. The first-order valence-corrected chi connectivity index (χ1v) is 4.95. The summed E-state index contributed by atoms with van der Waals surface area (Å²) in [5.41, 5.74) is 8.98. The summed E-state index contributed by atoms with van der Waals surface area (Å²) in [5.74, 6) is -0.423. The molecule has 0 radical (unpaired) electrons. The first kappa shape index (κ1) is 12.4. The van der Waals surface area contributed by atoms with Crippen molar-refractivity contribution in [3.8, 4) is 0 Å². The Bertz CT molecular complexity index is 409. The van der Waals surface area contributed by atoms with E-state index in [1.165, 1.54) is 6.92 Å². The second kappa shape index (κ2) is 6.00. The van der Waals surface area contributed by atoms with Crippen LogP contribution in [0.1, 0.15) is 18.6 Å². The second-order valence-corrected chi connectivity index (χ2v) is 3.50. The molecule has 16 heavy (non-hydrogen) atoms. The molecule has 0 fully saturated rings. The minimum Gasteiger partial charge on any atom is -0.458 e. The number of nitrogens with zero attached hydrogens (tertiary/aromatic N) is 3. The van der Waals surface area contributed by atoms with Gasteiger partial charge in [-0.05, 0) is 23.2 Å². The van der Waals surface area contributed by atoms with Gasteiger partial charge in [0.25, 0.3) is 0 Å². The summed E-state index contributed by atoms with van der Waals surface area (Å²) in [6.07, 6.45) is -0.564. The van der Waals surface area contributed by atoms with Crippen LogP contribution in [0, 0.1) is 0 Å². The molecule has 0 unspecified atom stereocenters. The van der Waals surface area contributed by atoms with Crippen molar-refractivity contribution in [2.75, 3.05) is 6.54 Å². The van der Waals surface area contributed by atoms with Gasteiger partial charge in [-0.2, -0.15) is 0 Å². The van der Waals surface area contributed by atoms with Crippen LogP contribution in [0.3, 0.4) is 0 Å². The number of carbonyl (C=O) groups is 1. The Labute approximate surface area is 97.6 Å². The predicted molar refractivity (Wildman–Crippen MR) is 60.0 cm³/mol. The van der Waals surface area contributed by atoms with E-state index in [2.05, 4.69) is 10.0 Å². The largest absolute Gasteiger partial charge is 0.458 e. The standard InChI is InChI=1S/C10H10ClN3O2/c1-7(15)16-10(6-13-14-12)8-2-4-9(11)5-3-8/h2-5,10H,6H2,1H3/t10-/m1/s1. The lowest BCUT2D eigenvalue weighted by Crippen LogP contribution is -2.11. The second-order valence-electron chi connectivity index (χ2n) is 3.06. The normalized spacial score (nSPS) is 11.4. The fourth-order valence-electron chi connectivity index (χ4n) is 1.20. The van der Waals surface area contributed by atoms with Crippen molar-refractivity contribution in [2.24, 2.45) is 5.11 Å². The van der Waals surface area contributed by atoms with Gasteiger partial charge in [0.05, 0.1) is 6.54 Å². The molecule has 0 aliphatic heterocycles. The quantitative estimate of drug-likeness (QED) is 0.350. The van der Waals surface area contributed by atoms with E-state index in [9.17, 15) is 4.79 Å². The zero-order valence-electron chi connectivity index (χ0n) is 8.63. The monoisotopic (exact) mass is 239 g/mol. The van der Waals surface area contributed by atoms with Gasteiger partial charge in [0, 0.05) is 16.9 Å². The van der Waals surface area contributed by atoms with Crippen molar-refractivity contribution in [1.29, 1.82) is 0 Å². The van der Waals surface area contributed by atoms with Crippen molar-refractivity contribution in [1.82, 2.24) is 0 Å². The van der Waals surface area contributed by atoms with Crippen molar-refractivity contribution in [3.05, 3.63) is 45.3 Å². The van der Waals surface area contributed by atoms with E-state index in [4.69, 9.17) is 21.9 Å². The maximum absolute atomic E-state index is 10.9. The van der Waals surface area contributed by atoms with E-state index < -0.39 is 12.1 Å². The molecular weight excluding hydrogens is 230 g/mol. The molecule has 0 heterocycles. The van der Waals surface area contributed by atoms with Crippen molar-refractivity contribution in [2.45, 2.75) is 13.0 Å². The molecule has 0 saturated carbocycles. The Hall–Kier alpha value is -1.71. The van der Waals surface area contributed by atoms with E-state index in [-0.39, 0.29) is 6.54 Å². The molecule has 6 heteroatoms. The van der Waals surface area contributed by atoms with Gasteiger partial charge in [-0.3, -0.25) is 4.79 Å². The minimum absolute atomic E-state index is 0.0672. The molecule has 0 amide bonds. The molecule has 1 aromatic rings. The topological polar surface area (TPSA) is 75.1 Å². The molecule has 1 aromatic carbocycles. The molecule has 0 N–H and O–H groups in total. The van der Waals surface area contributed by atoms with Crippen LogP contribution in [-0.4, -0.2) is 12.5 Å². The van der Waals surface area contributed by atoms with Crippen molar-refractivity contribution >= 4 is 17.6 Å². The van der Waals surface area contributed by atoms with Gasteiger partial charge in [0.15, 0.2) is 0 Å². The maximum Gasteiger partial charge on any atom is 0.303 e. The van der Waals surface area contributed by atoms with Crippen LogP contribution in [-0.2, 0) is 9.53 Å². The number of carbonyl (C=O) groups excluding carboxylic acids is 1. The fraction of sp³-hybridized carbons (Fsp3) is 0.300. The Balaban J connectivity index is 2.86. The molecule has 1 rings (SSSR count). The Morgan fingerprint density at radius 3 is 2.69 bits per heavy atom. The van der Waals surface area contributed by atoms with Gasteiger partial charge in [-0.25, -0.2) is 0 Å². The summed E-state index contributed by atoms with van der Waals surface area (Å²) in [5, 5.41) is 3.99. The van der Waals surface area contributed by atoms with Gasteiger partial charge in [0.1, 0.15) is 6.10 Å². The fourth-order valence-corrected chi connectivity index (χ4v) is 1.33. The minimum atomic E-state index is -0.564. The van der Waals surface area contributed by atoms with Crippen molar-refractivity contribution in [3.63, 3.8) is 0 Å². The first-order chi connectivity index (χ1) is 7.63. The third kappa shape index (κ3) is 3.81. The summed E-state index contributed by atoms with van der Waals surface area (Å²) in [7, 11) is 0. The Morgan fingerprint density at radius 1 is 1.56 bits per heavy atom. The zero-order valence-corrected chi connectivity index (χ0v) is 9.39. The molecule has 0 saturated heterocycles. The maximum atomic E-state index is 10.9. The number of benzene rings is 1. The lowest BCUT2D eigenvalue weighted by molar-refractivity contribution is -0.146. The molecule has 84 valence electrons. The number of ether oxygens (including phenoxy) is 1. The van der Waals surface area contributed by atoms with E-state index >= 15 is 0 Å². The van der Waals surface area contributed by atoms with Gasteiger partial charge >= 0.3 is 5.97 Å². The van der Waals surface area contributed by atoms with Crippen LogP contribution in [0.2, 0.25) is 5.02 Å². The van der Waals surface area contributed by atoms with Crippen LogP contribution >= 0.6 is 11.6 Å². The third-order valence-electron chi connectivity index (χ3n) is 1.86. The van der Waals surface area contributed by atoms with Gasteiger partial charge in [0.2, 0.25) is 0 Å². The Morgan fingerprint density at radius 2 is 2.19 bits per heavy atom. The van der Waals surface area contributed by atoms with Gasteiger partial charge < -0.3 is 4.74 Å². The molecule has 0 aromatic heterocycles. The number of halogens is 1. The Kier molecular flexibility index (Phi) is 4.64. The molecule has 0 aliphatic carbocycles. The molecular formula is C10H10ClN3O2. The number of rotatable bonds is 4. The predicted octanol–water partition coefficient (Wildman–Crippen LogP) is 3.25. The average Bonchev–Trinajstić information content (AvgIpc) is 2.25. The lowest BCUT2D eigenvalue weighted by Gasteiger charge is -2.14. The summed E-state index contributed by atoms with van der Waals surface area (Å²) in [6, 6.07) is 6.82. The highest BCUT2D eigenvalue weighted by Crippen LogP contribution is 2.20. The van der Waals surface area contributed by atoms with Gasteiger partial charge in [-0.15, -0.1) is 0 Å². The van der Waals surface area contributed by atoms with Crippen LogP contribution in [0.4, 0.5) is 0 Å². The third-order valence-corrected chi connectivity index (χ3v) is 2.11. The van der Waals surface area contributed by atoms with Crippen LogP contribution in [0.25, 0.3) is 10.4 Å². The lowest BCUT2D eigenvalue weighted by atomic mass is 10.1. The molecule has 1 atom stereocenters. The summed E-state index contributed by atoms with van der Waals surface area (Å²) < 4.78 is 5.03. The van der Waals surface area contributed by atoms with E-state index in [0.29, 0.717) is 5.02 Å². The van der Waals surface area contributed by atoms with E-state index in [1.807, 2.05) is 0 Å². The molecule has 0 bridgehead atoms. The summed E-state index contributed by atoms with van der Waals surface area (Å²) in [6.45, 7) is 1.37. The first-order valence-electron chi connectivity index (χ1n) is 4.57. The SMILES string of the molecule is CC(=O)O[C@H](CN=[N+]=[N-])c1ccc(Cl)cc1. The molecule has 0 aliphatic rings. The smallest absolute Gasteiger partial charge is 0.303 e. The average molecular weight is 240 g/mol. The summed E-state index contributed by atoms with van der Waals surface area (Å²) in [4.78, 5) is 13.5.